The van der Waals surface area contributed by atoms with Crippen LogP contribution in [0.1, 0.15) is 42.4 Å². The summed E-state index contributed by atoms with van der Waals surface area (Å²) < 4.78 is 28.1. The van der Waals surface area contributed by atoms with Crippen molar-refractivity contribution >= 4 is 10.0 Å². The summed E-state index contributed by atoms with van der Waals surface area (Å²) >= 11 is 0. The second-order valence-electron chi connectivity index (χ2n) is 5.90. The van der Waals surface area contributed by atoms with Crippen LogP contribution in [0.5, 0.6) is 0 Å². The van der Waals surface area contributed by atoms with Crippen LogP contribution in [0.3, 0.4) is 0 Å². The fraction of sp³-hybridized carbons (Fsp3) is 0.600. The Morgan fingerprint density at radius 1 is 1.10 bits per heavy atom. The summed E-state index contributed by atoms with van der Waals surface area (Å²) in [4.78, 5) is 0.404. The summed E-state index contributed by atoms with van der Waals surface area (Å²) in [5.74, 6) is 0. The fourth-order valence-corrected chi connectivity index (χ4v) is 4.93. The van der Waals surface area contributed by atoms with E-state index < -0.39 is 10.0 Å². The lowest BCUT2D eigenvalue weighted by Crippen LogP contribution is -2.49. The molecule has 0 aromatic heterocycles. The summed E-state index contributed by atoms with van der Waals surface area (Å²) in [5, 5.41) is 0. The molecule has 3 N–H and O–H groups in total. The lowest BCUT2D eigenvalue weighted by Gasteiger charge is -2.29. The molecule has 0 heterocycles. The van der Waals surface area contributed by atoms with E-state index in [1.807, 2.05) is 32.9 Å². The molecule has 1 aromatic carbocycles. The van der Waals surface area contributed by atoms with Crippen LogP contribution in [0, 0.1) is 20.8 Å². The number of rotatable bonds is 3. The molecule has 1 saturated carbocycles. The number of aryl methyl sites for hydroxylation is 3. The van der Waals surface area contributed by atoms with Gasteiger partial charge in [-0.3, -0.25) is 0 Å². The van der Waals surface area contributed by atoms with Gasteiger partial charge in [0.15, 0.2) is 0 Å². The van der Waals surface area contributed by atoms with E-state index in [4.69, 9.17) is 5.73 Å². The van der Waals surface area contributed by atoms with Crippen molar-refractivity contribution in [2.75, 3.05) is 0 Å². The van der Waals surface area contributed by atoms with Crippen LogP contribution >= 0.6 is 0 Å². The molecule has 2 rings (SSSR count). The zero-order chi connectivity index (χ0) is 14.9. The molecule has 112 valence electrons. The zero-order valence-corrected chi connectivity index (χ0v) is 13.3. The van der Waals surface area contributed by atoms with Gasteiger partial charge >= 0.3 is 0 Å². The first-order chi connectivity index (χ1) is 9.31. The van der Waals surface area contributed by atoms with Gasteiger partial charge in [0.05, 0.1) is 4.90 Å². The van der Waals surface area contributed by atoms with Crippen molar-refractivity contribution in [1.29, 1.82) is 0 Å². The first-order valence-corrected chi connectivity index (χ1v) is 8.65. The minimum atomic E-state index is -3.50. The molecule has 0 radical (unpaired) electrons. The van der Waals surface area contributed by atoms with E-state index >= 15 is 0 Å². The second-order valence-corrected chi connectivity index (χ2v) is 7.55. The SMILES string of the molecule is Cc1cc(C)c(S(=O)(=O)N[C@@H]2CCCC[C@H]2N)c(C)c1. The Kier molecular flexibility index (Phi) is 4.52. The molecular weight excluding hydrogens is 272 g/mol. The smallest absolute Gasteiger partial charge is 0.241 e. The second kappa shape index (κ2) is 5.84. The number of nitrogens with two attached hydrogens (primary N) is 1. The third-order valence-corrected chi connectivity index (χ3v) is 5.79. The van der Waals surface area contributed by atoms with Gasteiger partial charge in [-0.25, -0.2) is 13.1 Å². The van der Waals surface area contributed by atoms with Crippen LogP contribution < -0.4 is 10.5 Å². The predicted octanol–water partition coefficient (Wildman–Crippen LogP) is 2.16. The molecule has 5 heteroatoms. The molecule has 1 aliphatic rings. The number of nitrogens with one attached hydrogen (secondary N) is 1. The van der Waals surface area contributed by atoms with Gasteiger partial charge in [0, 0.05) is 12.1 Å². The molecule has 0 unspecified atom stereocenters. The molecule has 1 fully saturated rings. The van der Waals surface area contributed by atoms with E-state index in [1.165, 1.54) is 0 Å². The maximum absolute atomic E-state index is 12.6. The van der Waals surface area contributed by atoms with Crippen LogP contribution in [0.4, 0.5) is 0 Å². The van der Waals surface area contributed by atoms with Gasteiger partial charge < -0.3 is 5.73 Å². The number of sulfonamides is 1. The largest absolute Gasteiger partial charge is 0.326 e. The summed E-state index contributed by atoms with van der Waals surface area (Å²) in [6, 6.07) is 3.59. The van der Waals surface area contributed by atoms with E-state index in [1.54, 1.807) is 0 Å². The molecule has 4 nitrogen and oxygen atoms in total. The van der Waals surface area contributed by atoms with Crippen molar-refractivity contribution in [3.05, 3.63) is 28.8 Å². The lowest BCUT2D eigenvalue weighted by atomic mass is 9.92. The standard InChI is InChI=1S/C15H24N2O2S/c1-10-8-11(2)15(12(3)9-10)20(18,19)17-14-7-5-4-6-13(14)16/h8-9,13-14,17H,4-7,16H2,1-3H3/t13-,14-/m1/s1. The van der Waals surface area contributed by atoms with Gasteiger partial charge in [0.2, 0.25) is 10.0 Å². The summed E-state index contributed by atoms with van der Waals surface area (Å²) in [5.41, 5.74) is 8.70. The van der Waals surface area contributed by atoms with E-state index in [0.717, 1.165) is 42.4 Å². The molecular formula is C15H24N2O2S. The Bertz CT molecular complexity index is 573. The van der Waals surface area contributed by atoms with E-state index in [-0.39, 0.29) is 12.1 Å². The third kappa shape index (κ3) is 3.22. The Labute approximate surface area is 121 Å². The van der Waals surface area contributed by atoms with E-state index in [0.29, 0.717) is 4.90 Å². The van der Waals surface area contributed by atoms with Gasteiger partial charge in [-0.2, -0.15) is 0 Å². The van der Waals surface area contributed by atoms with Gasteiger partial charge in [0.1, 0.15) is 0 Å². The van der Waals surface area contributed by atoms with Crippen LogP contribution in [0.15, 0.2) is 17.0 Å². The average Bonchev–Trinajstić information content (AvgIpc) is 2.30. The van der Waals surface area contributed by atoms with Crippen molar-refractivity contribution in [3.63, 3.8) is 0 Å². The van der Waals surface area contributed by atoms with Crippen molar-refractivity contribution in [2.45, 2.75) is 63.4 Å². The highest BCUT2D eigenvalue weighted by Crippen LogP contribution is 2.24. The van der Waals surface area contributed by atoms with Crippen molar-refractivity contribution < 1.29 is 8.42 Å². The Hall–Kier alpha value is -0.910. The molecule has 1 aromatic rings. The summed E-state index contributed by atoms with van der Waals surface area (Å²) in [6.07, 6.45) is 3.83. The van der Waals surface area contributed by atoms with Crippen molar-refractivity contribution in [3.8, 4) is 0 Å². The quantitative estimate of drug-likeness (QED) is 0.898. The number of hydrogen-bond acceptors (Lipinski definition) is 3. The van der Waals surface area contributed by atoms with Crippen LogP contribution in [-0.4, -0.2) is 20.5 Å². The predicted molar refractivity (Wildman–Crippen MR) is 81.2 cm³/mol. The Morgan fingerprint density at radius 3 is 2.20 bits per heavy atom. The number of hydrogen-bond donors (Lipinski definition) is 2. The molecule has 0 amide bonds. The first kappa shape index (κ1) is 15.5. The summed E-state index contributed by atoms with van der Waals surface area (Å²) in [6.45, 7) is 5.66. The van der Waals surface area contributed by atoms with Gasteiger partial charge in [0.25, 0.3) is 0 Å². The first-order valence-electron chi connectivity index (χ1n) is 7.17. The van der Waals surface area contributed by atoms with E-state index in [2.05, 4.69) is 4.72 Å². The molecule has 0 bridgehead atoms. The third-order valence-electron chi connectivity index (χ3n) is 4.00. The molecule has 2 atom stereocenters. The van der Waals surface area contributed by atoms with Crippen molar-refractivity contribution in [1.82, 2.24) is 4.72 Å². The van der Waals surface area contributed by atoms with Crippen LogP contribution in [0.25, 0.3) is 0 Å². The van der Waals surface area contributed by atoms with Gasteiger partial charge in [-0.05, 0) is 44.7 Å². The maximum atomic E-state index is 12.6. The monoisotopic (exact) mass is 296 g/mol. The Balaban J connectivity index is 2.31. The minimum absolute atomic E-state index is 0.0791. The molecule has 1 aliphatic carbocycles. The topological polar surface area (TPSA) is 72.2 Å². The zero-order valence-electron chi connectivity index (χ0n) is 12.4. The van der Waals surface area contributed by atoms with Gasteiger partial charge in [-0.15, -0.1) is 0 Å². The molecule has 0 spiro atoms. The number of benzene rings is 1. The maximum Gasteiger partial charge on any atom is 0.241 e. The van der Waals surface area contributed by atoms with Crippen molar-refractivity contribution in [2.24, 2.45) is 5.73 Å². The fourth-order valence-electron chi connectivity index (χ4n) is 3.15. The highest BCUT2D eigenvalue weighted by atomic mass is 32.2. The summed E-state index contributed by atoms with van der Waals surface area (Å²) in [7, 11) is -3.50. The normalized spacial score (nSPS) is 23.8. The molecule has 0 aliphatic heterocycles. The molecule has 0 saturated heterocycles. The van der Waals surface area contributed by atoms with E-state index in [9.17, 15) is 8.42 Å². The van der Waals surface area contributed by atoms with Gasteiger partial charge in [-0.1, -0.05) is 30.5 Å². The Morgan fingerprint density at radius 2 is 1.65 bits per heavy atom. The lowest BCUT2D eigenvalue weighted by molar-refractivity contribution is 0.361. The van der Waals surface area contributed by atoms with Crippen LogP contribution in [-0.2, 0) is 10.0 Å². The highest BCUT2D eigenvalue weighted by Gasteiger charge is 2.28. The van der Waals surface area contributed by atoms with Crippen LogP contribution in [0.2, 0.25) is 0 Å². The minimum Gasteiger partial charge on any atom is -0.326 e. The molecule has 20 heavy (non-hydrogen) atoms. The average molecular weight is 296 g/mol. The highest BCUT2D eigenvalue weighted by molar-refractivity contribution is 7.89.